The number of amides is 1. The van der Waals surface area contributed by atoms with Gasteiger partial charge in [-0.1, -0.05) is 35.4 Å². The van der Waals surface area contributed by atoms with E-state index in [9.17, 15) is 18.0 Å². The van der Waals surface area contributed by atoms with Crippen LogP contribution in [0.5, 0.6) is 0 Å². The highest BCUT2D eigenvalue weighted by Crippen LogP contribution is 2.48. The van der Waals surface area contributed by atoms with Crippen molar-refractivity contribution in [1.82, 2.24) is 5.43 Å². The largest absolute Gasteiger partial charge is 0.416 e. The zero-order valence-electron chi connectivity index (χ0n) is 14.0. The van der Waals surface area contributed by atoms with Crippen LogP contribution in [0.3, 0.4) is 0 Å². The van der Waals surface area contributed by atoms with Crippen LogP contribution in [0.15, 0.2) is 42.5 Å². The van der Waals surface area contributed by atoms with Crippen LogP contribution >= 0.6 is 0 Å². The van der Waals surface area contributed by atoms with E-state index < -0.39 is 17.2 Å². The minimum atomic E-state index is -4.42. The molecule has 1 fully saturated rings. The number of rotatable bonds is 4. The predicted molar refractivity (Wildman–Crippen MR) is 90.0 cm³/mol. The number of carbonyl (C=O) groups excluding carboxylic acids is 1. The third-order valence-corrected chi connectivity index (χ3v) is 4.47. The molecule has 25 heavy (non-hydrogen) atoms. The van der Waals surface area contributed by atoms with E-state index in [2.05, 4.69) is 10.9 Å². The van der Waals surface area contributed by atoms with Crippen molar-refractivity contribution in [1.29, 1.82) is 0 Å². The summed E-state index contributed by atoms with van der Waals surface area (Å²) in [6, 6.07) is 10.8. The molecule has 3 nitrogen and oxygen atoms in total. The van der Waals surface area contributed by atoms with Gasteiger partial charge in [0.2, 0.25) is 5.91 Å². The highest BCUT2D eigenvalue weighted by molar-refractivity contribution is 5.92. The van der Waals surface area contributed by atoms with Crippen LogP contribution in [0, 0.1) is 13.8 Å². The Bertz CT molecular complexity index is 790. The van der Waals surface area contributed by atoms with Crippen molar-refractivity contribution >= 4 is 11.6 Å². The van der Waals surface area contributed by atoms with Gasteiger partial charge in [0, 0.05) is 0 Å². The molecule has 1 aliphatic rings. The molecule has 1 aliphatic carbocycles. The molecule has 0 aliphatic heterocycles. The smallest absolute Gasteiger partial charge is 0.299 e. The zero-order chi connectivity index (χ0) is 18.2. The zero-order valence-corrected chi connectivity index (χ0v) is 14.0. The fraction of sp³-hybridized carbons (Fsp3) is 0.316. The molecule has 2 aromatic carbocycles. The highest BCUT2D eigenvalue weighted by Gasteiger charge is 2.51. The second kappa shape index (κ2) is 6.10. The Morgan fingerprint density at radius 3 is 2.24 bits per heavy atom. The number of nitrogens with one attached hydrogen (secondary N) is 2. The summed E-state index contributed by atoms with van der Waals surface area (Å²) in [5.41, 5.74) is 7.12. The van der Waals surface area contributed by atoms with Crippen LogP contribution in [0.25, 0.3) is 0 Å². The number of hydrogen-bond acceptors (Lipinski definition) is 2. The molecule has 0 saturated heterocycles. The van der Waals surface area contributed by atoms with E-state index in [0.717, 1.165) is 41.7 Å². The third kappa shape index (κ3) is 3.62. The summed E-state index contributed by atoms with van der Waals surface area (Å²) in [5, 5.41) is 0. The van der Waals surface area contributed by atoms with Crippen molar-refractivity contribution in [2.75, 3.05) is 5.43 Å². The first-order valence-corrected chi connectivity index (χ1v) is 8.03. The number of alkyl halides is 3. The normalized spacial score (nSPS) is 15.6. The molecule has 2 N–H and O–H groups in total. The number of aryl methyl sites for hydroxylation is 2. The first kappa shape index (κ1) is 17.3. The number of halogens is 3. The average Bonchev–Trinajstić information content (AvgIpc) is 3.33. The minimum Gasteiger partial charge on any atom is -0.299 e. The second-order valence-electron chi connectivity index (χ2n) is 6.62. The molecule has 0 bridgehead atoms. The van der Waals surface area contributed by atoms with Gasteiger partial charge in [0.1, 0.15) is 0 Å². The molecule has 2 aromatic rings. The van der Waals surface area contributed by atoms with Crippen molar-refractivity contribution in [3.63, 3.8) is 0 Å². The van der Waals surface area contributed by atoms with Gasteiger partial charge < -0.3 is 0 Å². The first-order chi connectivity index (χ1) is 11.7. The van der Waals surface area contributed by atoms with E-state index >= 15 is 0 Å². The molecule has 0 atom stereocenters. The van der Waals surface area contributed by atoms with Gasteiger partial charge in [0.15, 0.2) is 0 Å². The van der Waals surface area contributed by atoms with Gasteiger partial charge in [-0.25, -0.2) is 0 Å². The molecule has 0 spiro atoms. The summed E-state index contributed by atoms with van der Waals surface area (Å²) in [7, 11) is 0. The van der Waals surface area contributed by atoms with Crippen molar-refractivity contribution in [2.24, 2.45) is 0 Å². The monoisotopic (exact) mass is 348 g/mol. The number of anilines is 1. The number of benzene rings is 2. The van der Waals surface area contributed by atoms with Crippen molar-refractivity contribution in [3.8, 4) is 0 Å². The maximum absolute atomic E-state index is 12.7. The van der Waals surface area contributed by atoms with E-state index in [4.69, 9.17) is 0 Å². The summed E-state index contributed by atoms with van der Waals surface area (Å²) >= 11 is 0. The van der Waals surface area contributed by atoms with E-state index in [1.165, 1.54) is 12.1 Å². The molecule has 1 saturated carbocycles. The summed E-state index contributed by atoms with van der Waals surface area (Å²) in [5.74, 6) is -0.227. The lowest BCUT2D eigenvalue weighted by Crippen LogP contribution is -2.38. The lowest BCUT2D eigenvalue weighted by molar-refractivity contribution is -0.137. The van der Waals surface area contributed by atoms with Gasteiger partial charge in [-0.2, -0.15) is 13.2 Å². The molecular weight excluding hydrogens is 329 g/mol. The lowest BCUT2D eigenvalue weighted by atomic mass is 9.92. The maximum atomic E-state index is 12.7. The van der Waals surface area contributed by atoms with Gasteiger partial charge in [0.25, 0.3) is 0 Å². The van der Waals surface area contributed by atoms with Gasteiger partial charge in [-0.05, 0) is 50.5 Å². The van der Waals surface area contributed by atoms with E-state index in [1.807, 2.05) is 32.0 Å². The molecular formula is C19H19F3N2O. The van der Waals surface area contributed by atoms with E-state index in [0.29, 0.717) is 0 Å². The van der Waals surface area contributed by atoms with Gasteiger partial charge in [0.05, 0.1) is 16.7 Å². The Hall–Kier alpha value is -2.50. The fourth-order valence-electron chi connectivity index (χ4n) is 3.04. The highest BCUT2D eigenvalue weighted by atomic mass is 19.4. The van der Waals surface area contributed by atoms with Gasteiger partial charge in [-0.15, -0.1) is 0 Å². The second-order valence-corrected chi connectivity index (χ2v) is 6.62. The molecule has 6 heteroatoms. The Balaban J connectivity index is 1.73. The standard InChI is InChI=1S/C19H19F3N2O/c1-12-8-13(2)10-15(9-12)18(6-7-18)17(25)24-23-16-5-3-4-14(11-16)19(20,21)22/h3-5,8-11,23H,6-7H2,1-2H3,(H,24,25). The van der Waals surface area contributed by atoms with E-state index in [-0.39, 0.29) is 11.6 Å². The lowest BCUT2D eigenvalue weighted by Gasteiger charge is -2.18. The molecule has 0 heterocycles. The van der Waals surface area contributed by atoms with Gasteiger partial charge >= 0.3 is 6.18 Å². The van der Waals surface area contributed by atoms with Gasteiger partial charge in [-0.3, -0.25) is 15.6 Å². The Morgan fingerprint density at radius 1 is 1.04 bits per heavy atom. The topological polar surface area (TPSA) is 41.1 Å². The number of carbonyl (C=O) groups is 1. The molecule has 1 amide bonds. The quantitative estimate of drug-likeness (QED) is 0.799. The van der Waals surface area contributed by atoms with Crippen molar-refractivity contribution in [2.45, 2.75) is 38.3 Å². The van der Waals surface area contributed by atoms with Crippen LogP contribution in [-0.2, 0) is 16.4 Å². The van der Waals surface area contributed by atoms with Crippen LogP contribution in [0.1, 0.15) is 35.1 Å². The Labute approximate surface area is 144 Å². The number of hydrogen-bond donors (Lipinski definition) is 2. The fourth-order valence-corrected chi connectivity index (χ4v) is 3.04. The summed E-state index contributed by atoms with van der Waals surface area (Å²) in [6.45, 7) is 3.96. The average molecular weight is 348 g/mol. The van der Waals surface area contributed by atoms with E-state index in [1.54, 1.807) is 0 Å². The summed E-state index contributed by atoms with van der Waals surface area (Å²) in [6.07, 6.45) is -2.96. The Kier molecular flexibility index (Phi) is 4.22. The molecule has 3 rings (SSSR count). The number of hydrazine groups is 1. The van der Waals surface area contributed by atoms with Crippen LogP contribution in [0.4, 0.5) is 18.9 Å². The first-order valence-electron chi connectivity index (χ1n) is 8.03. The molecule has 0 radical (unpaired) electrons. The molecule has 132 valence electrons. The minimum absolute atomic E-state index is 0.194. The molecule has 0 aromatic heterocycles. The Morgan fingerprint density at radius 2 is 1.68 bits per heavy atom. The van der Waals surface area contributed by atoms with Crippen molar-refractivity contribution in [3.05, 3.63) is 64.7 Å². The predicted octanol–water partition coefficient (Wildman–Crippen LogP) is 4.50. The summed E-state index contributed by atoms with van der Waals surface area (Å²) < 4.78 is 38.2. The molecule has 0 unspecified atom stereocenters. The summed E-state index contributed by atoms with van der Waals surface area (Å²) in [4.78, 5) is 12.6. The van der Waals surface area contributed by atoms with Crippen LogP contribution in [-0.4, -0.2) is 5.91 Å². The van der Waals surface area contributed by atoms with Crippen LogP contribution < -0.4 is 10.9 Å². The SMILES string of the molecule is Cc1cc(C)cc(C2(C(=O)NNc3cccc(C(F)(F)F)c3)CC2)c1. The maximum Gasteiger partial charge on any atom is 0.416 e. The van der Waals surface area contributed by atoms with Crippen LogP contribution in [0.2, 0.25) is 0 Å². The third-order valence-electron chi connectivity index (χ3n) is 4.47. The van der Waals surface area contributed by atoms with Crippen molar-refractivity contribution < 1.29 is 18.0 Å².